The van der Waals surface area contributed by atoms with Crippen molar-refractivity contribution in [1.29, 1.82) is 0 Å². The van der Waals surface area contributed by atoms with Crippen molar-refractivity contribution in [3.05, 3.63) is 35.9 Å². The molecule has 31 heavy (non-hydrogen) atoms. The Bertz CT molecular complexity index is 773. The highest BCUT2D eigenvalue weighted by Gasteiger charge is 2.52. The van der Waals surface area contributed by atoms with E-state index >= 15 is 0 Å². The fourth-order valence-electron chi connectivity index (χ4n) is 4.83. The number of halogens is 1. The standard InChI is InChI=1S/C25H39ClN2O2Si/c1-24(2,3)31(4,5)30-27-18-22(26)21-14-9-10-15-25(21)16-11-17-28(23(25)29)19-20-12-7-6-8-13-20/h6-8,12-13,18,21-22H,9-11,14-17,19H2,1-5H3/b27-18+. The normalized spacial score (nSPS) is 26.5. The van der Waals surface area contributed by atoms with Gasteiger partial charge in [-0.25, -0.2) is 0 Å². The molecule has 3 unspecified atom stereocenters. The van der Waals surface area contributed by atoms with E-state index in [9.17, 15) is 4.79 Å². The number of hydrogen-bond donors (Lipinski definition) is 0. The van der Waals surface area contributed by atoms with Crippen LogP contribution in [0.1, 0.15) is 64.9 Å². The van der Waals surface area contributed by atoms with Crippen molar-refractivity contribution in [2.24, 2.45) is 16.5 Å². The van der Waals surface area contributed by atoms with E-state index in [1.807, 2.05) is 18.2 Å². The Morgan fingerprint density at radius 2 is 1.90 bits per heavy atom. The quantitative estimate of drug-likeness (QED) is 0.207. The lowest BCUT2D eigenvalue weighted by molar-refractivity contribution is -0.154. The second-order valence-electron chi connectivity index (χ2n) is 10.9. The zero-order valence-corrected chi connectivity index (χ0v) is 21.6. The molecule has 1 spiro atoms. The number of likely N-dealkylation sites (tertiary alicyclic amines) is 1. The van der Waals surface area contributed by atoms with Crippen molar-refractivity contribution in [2.45, 2.75) is 89.4 Å². The Labute approximate surface area is 194 Å². The SMILES string of the molecule is CC(C)(C)[Si](C)(C)O/N=C/C(Cl)C1CCCCC12CCCN(Cc1ccccc1)C2=O. The number of oxime groups is 1. The minimum atomic E-state index is -1.97. The molecule has 172 valence electrons. The molecule has 3 atom stereocenters. The summed E-state index contributed by atoms with van der Waals surface area (Å²) in [6, 6.07) is 10.3. The average molecular weight is 463 g/mol. The molecule has 3 rings (SSSR count). The van der Waals surface area contributed by atoms with Gasteiger partial charge in [-0.2, -0.15) is 0 Å². The number of benzene rings is 1. The van der Waals surface area contributed by atoms with Crippen molar-refractivity contribution in [2.75, 3.05) is 6.54 Å². The fraction of sp³-hybridized carbons (Fsp3) is 0.680. The molecule has 1 saturated heterocycles. The lowest BCUT2D eigenvalue weighted by Crippen LogP contribution is -2.55. The molecule has 2 fully saturated rings. The first-order chi connectivity index (χ1) is 14.6. The van der Waals surface area contributed by atoms with Crippen LogP contribution in [0.3, 0.4) is 0 Å². The summed E-state index contributed by atoms with van der Waals surface area (Å²) in [4.78, 5) is 15.8. The molecule has 1 saturated carbocycles. The number of alkyl halides is 1. The topological polar surface area (TPSA) is 41.9 Å². The van der Waals surface area contributed by atoms with Crippen LogP contribution in [0.25, 0.3) is 0 Å². The van der Waals surface area contributed by atoms with E-state index in [0.29, 0.717) is 6.54 Å². The van der Waals surface area contributed by atoms with Crippen LogP contribution >= 0.6 is 11.6 Å². The summed E-state index contributed by atoms with van der Waals surface area (Å²) in [5.41, 5.74) is 0.827. The number of piperidine rings is 1. The number of hydrogen-bond acceptors (Lipinski definition) is 3. The van der Waals surface area contributed by atoms with Crippen LogP contribution in [0.5, 0.6) is 0 Å². The largest absolute Gasteiger partial charge is 0.455 e. The first-order valence-electron chi connectivity index (χ1n) is 11.8. The maximum atomic E-state index is 13.8. The monoisotopic (exact) mass is 462 g/mol. The predicted octanol–water partition coefficient (Wildman–Crippen LogP) is 6.60. The molecule has 1 aliphatic heterocycles. The highest BCUT2D eigenvalue weighted by Crippen LogP contribution is 2.50. The van der Waals surface area contributed by atoms with Gasteiger partial charge >= 0.3 is 0 Å². The maximum Gasteiger partial charge on any atom is 0.286 e. The molecule has 0 radical (unpaired) electrons. The molecule has 0 aromatic heterocycles. The molecule has 1 amide bonds. The number of nitrogens with zero attached hydrogens (tertiary/aromatic N) is 2. The Morgan fingerprint density at radius 1 is 1.23 bits per heavy atom. The van der Waals surface area contributed by atoms with E-state index in [4.69, 9.17) is 16.1 Å². The van der Waals surface area contributed by atoms with E-state index in [1.165, 1.54) is 5.56 Å². The van der Waals surface area contributed by atoms with E-state index in [2.05, 4.69) is 56.1 Å². The maximum absolute atomic E-state index is 13.8. The van der Waals surface area contributed by atoms with Gasteiger partial charge < -0.3 is 9.43 Å². The summed E-state index contributed by atoms with van der Waals surface area (Å²) in [6.45, 7) is 12.5. The molecule has 2 aliphatic rings. The van der Waals surface area contributed by atoms with Crippen molar-refractivity contribution in [3.63, 3.8) is 0 Å². The summed E-state index contributed by atoms with van der Waals surface area (Å²) in [7, 11) is -1.97. The molecule has 0 bridgehead atoms. The van der Waals surface area contributed by atoms with Gasteiger partial charge in [-0.3, -0.25) is 4.79 Å². The molecular formula is C25H39ClN2O2Si. The van der Waals surface area contributed by atoms with Crippen molar-refractivity contribution in [3.8, 4) is 0 Å². The molecule has 6 heteroatoms. The Hall–Kier alpha value is -1.33. The van der Waals surface area contributed by atoms with Gasteiger partial charge in [0.1, 0.15) is 0 Å². The molecule has 1 aliphatic carbocycles. The van der Waals surface area contributed by atoms with Crippen LogP contribution < -0.4 is 0 Å². The van der Waals surface area contributed by atoms with E-state index in [-0.39, 0.29) is 27.7 Å². The van der Waals surface area contributed by atoms with Crippen LogP contribution in [-0.2, 0) is 15.9 Å². The summed E-state index contributed by atoms with van der Waals surface area (Å²) in [5, 5.41) is 4.16. The predicted molar refractivity (Wildman–Crippen MR) is 132 cm³/mol. The van der Waals surface area contributed by atoms with Gasteiger partial charge in [-0.1, -0.05) is 63.9 Å². The van der Waals surface area contributed by atoms with E-state index in [1.54, 1.807) is 6.21 Å². The number of amides is 1. The van der Waals surface area contributed by atoms with Crippen molar-refractivity contribution in [1.82, 2.24) is 4.90 Å². The third kappa shape index (κ3) is 5.36. The summed E-state index contributed by atoms with van der Waals surface area (Å²) >= 11 is 6.91. The molecule has 1 aromatic rings. The summed E-state index contributed by atoms with van der Waals surface area (Å²) in [5.74, 6) is 0.400. The first kappa shape index (κ1) is 24.3. The summed E-state index contributed by atoms with van der Waals surface area (Å²) in [6.07, 6.45) is 7.87. The number of carbonyl (C=O) groups is 1. The lowest BCUT2D eigenvalue weighted by atomic mass is 9.60. The van der Waals surface area contributed by atoms with Gasteiger partial charge in [0.25, 0.3) is 8.32 Å². The molecular weight excluding hydrogens is 424 g/mol. The number of rotatable bonds is 6. The van der Waals surface area contributed by atoms with Gasteiger partial charge in [-0.05, 0) is 55.3 Å². The van der Waals surface area contributed by atoms with Crippen LogP contribution in [0, 0.1) is 11.3 Å². The second-order valence-corrected chi connectivity index (χ2v) is 16.1. The van der Waals surface area contributed by atoms with Gasteiger partial charge in [0, 0.05) is 13.1 Å². The van der Waals surface area contributed by atoms with Gasteiger partial charge in [0.15, 0.2) is 0 Å². The smallest absolute Gasteiger partial charge is 0.286 e. The van der Waals surface area contributed by atoms with Crippen LogP contribution in [0.2, 0.25) is 18.1 Å². The minimum Gasteiger partial charge on any atom is -0.455 e. The molecule has 4 nitrogen and oxygen atoms in total. The second kappa shape index (κ2) is 9.66. The van der Waals surface area contributed by atoms with Gasteiger partial charge in [0.2, 0.25) is 5.91 Å². The molecule has 0 N–H and O–H groups in total. The average Bonchev–Trinajstić information content (AvgIpc) is 2.71. The Morgan fingerprint density at radius 3 is 2.58 bits per heavy atom. The Kier molecular flexibility index (Phi) is 7.57. The van der Waals surface area contributed by atoms with E-state index < -0.39 is 8.32 Å². The summed E-state index contributed by atoms with van der Waals surface area (Å²) < 4.78 is 5.99. The van der Waals surface area contributed by atoms with Crippen LogP contribution in [0.4, 0.5) is 0 Å². The Balaban J connectivity index is 1.75. The molecule has 1 heterocycles. The lowest BCUT2D eigenvalue weighted by Gasteiger charge is -2.49. The van der Waals surface area contributed by atoms with Crippen LogP contribution in [0.15, 0.2) is 35.5 Å². The highest BCUT2D eigenvalue weighted by atomic mass is 35.5. The fourth-order valence-corrected chi connectivity index (χ4v) is 5.84. The molecule has 1 aromatic carbocycles. The number of carbonyl (C=O) groups excluding carboxylic acids is 1. The highest BCUT2D eigenvalue weighted by molar-refractivity contribution is 6.74. The van der Waals surface area contributed by atoms with Crippen molar-refractivity contribution < 1.29 is 9.32 Å². The van der Waals surface area contributed by atoms with Crippen LogP contribution in [-0.4, -0.2) is 37.3 Å². The zero-order valence-electron chi connectivity index (χ0n) is 19.9. The first-order valence-corrected chi connectivity index (χ1v) is 15.1. The van der Waals surface area contributed by atoms with Gasteiger partial charge in [-0.15, -0.1) is 16.8 Å². The minimum absolute atomic E-state index is 0.0927. The zero-order chi connectivity index (χ0) is 22.7. The van der Waals surface area contributed by atoms with Gasteiger partial charge in [0.05, 0.1) is 17.0 Å². The van der Waals surface area contributed by atoms with Crippen molar-refractivity contribution >= 4 is 32.0 Å². The third-order valence-electron chi connectivity index (χ3n) is 7.75. The van der Waals surface area contributed by atoms with E-state index in [0.717, 1.165) is 45.1 Å². The third-order valence-corrected chi connectivity index (χ3v) is 12.3.